The molecule has 1 amide bonds. The summed E-state index contributed by atoms with van der Waals surface area (Å²) in [7, 11) is 0. The van der Waals surface area contributed by atoms with Crippen molar-refractivity contribution < 1.29 is 24.0 Å². The van der Waals surface area contributed by atoms with Crippen molar-refractivity contribution in [3.05, 3.63) is 46.3 Å². The third kappa shape index (κ3) is 4.67. The van der Waals surface area contributed by atoms with Crippen LogP contribution in [0, 0.1) is 0 Å². The second kappa shape index (κ2) is 9.01. The van der Waals surface area contributed by atoms with Crippen LogP contribution >= 0.6 is 11.3 Å². The number of fused-ring (bicyclic) bond motifs is 1. The Kier molecular flexibility index (Phi) is 6.47. The molecule has 0 saturated heterocycles. The molecular formula is C20H25N2O4S+. The zero-order valence-electron chi connectivity index (χ0n) is 15.7. The maximum Gasteiger partial charge on any atom is 0.341 e. The van der Waals surface area contributed by atoms with Gasteiger partial charge in [0.1, 0.15) is 17.3 Å². The van der Waals surface area contributed by atoms with Crippen LogP contribution in [0.5, 0.6) is 5.75 Å². The highest BCUT2D eigenvalue weighted by Gasteiger charge is 2.30. The van der Waals surface area contributed by atoms with Gasteiger partial charge in [-0.15, -0.1) is 11.3 Å². The van der Waals surface area contributed by atoms with E-state index in [2.05, 4.69) is 12.2 Å². The Hall–Kier alpha value is -2.38. The topological polar surface area (TPSA) is 69.1 Å². The van der Waals surface area contributed by atoms with Crippen molar-refractivity contribution in [2.45, 2.75) is 26.8 Å². The number of benzene rings is 1. The number of nitrogens with one attached hydrogen (secondary N) is 2. The Bertz CT molecular complexity index is 804. The van der Waals surface area contributed by atoms with Crippen LogP contribution in [0.4, 0.5) is 5.00 Å². The smallest absolute Gasteiger partial charge is 0.341 e. The van der Waals surface area contributed by atoms with Crippen molar-refractivity contribution >= 4 is 28.2 Å². The largest absolute Gasteiger partial charge is 0.484 e. The molecule has 2 heterocycles. The molecule has 0 radical (unpaired) electrons. The molecule has 1 aliphatic rings. The van der Waals surface area contributed by atoms with E-state index in [9.17, 15) is 9.59 Å². The maximum absolute atomic E-state index is 12.5. The monoisotopic (exact) mass is 389 g/mol. The summed E-state index contributed by atoms with van der Waals surface area (Å²) in [6.07, 6.45) is 0.819. The number of carbonyl (C=O) groups excluding carboxylic acids is 2. The van der Waals surface area contributed by atoms with Crippen molar-refractivity contribution in [2.75, 3.05) is 31.6 Å². The number of hydrogen-bond acceptors (Lipinski definition) is 5. The summed E-state index contributed by atoms with van der Waals surface area (Å²) in [4.78, 5) is 27.5. The Morgan fingerprint density at radius 3 is 2.70 bits per heavy atom. The van der Waals surface area contributed by atoms with Crippen LogP contribution in [0.1, 0.15) is 34.6 Å². The van der Waals surface area contributed by atoms with Crippen molar-refractivity contribution in [1.29, 1.82) is 0 Å². The zero-order valence-corrected chi connectivity index (χ0v) is 16.5. The summed E-state index contributed by atoms with van der Waals surface area (Å²) < 4.78 is 10.7. The third-order valence-electron chi connectivity index (χ3n) is 4.58. The first-order chi connectivity index (χ1) is 13.1. The highest BCUT2D eigenvalue weighted by atomic mass is 32.1. The summed E-state index contributed by atoms with van der Waals surface area (Å²) in [5.74, 6) is -0.0251. The second-order valence-corrected chi connectivity index (χ2v) is 7.46. The highest BCUT2D eigenvalue weighted by Crippen LogP contribution is 2.35. The van der Waals surface area contributed by atoms with E-state index in [4.69, 9.17) is 9.47 Å². The molecule has 0 fully saturated rings. The van der Waals surface area contributed by atoms with Crippen LogP contribution in [0.15, 0.2) is 30.3 Å². The lowest BCUT2D eigenvalue weighted by Gasteiger charge is -2.22. The molecule has 1 aliphatic heterocycles. The maximum atomic E-state index is 12.5. The molecule has 0 aliphatic carbocycles. The molecule has 27 heavy (non-hydrogen) atoms. The van der Waals surface area contributed by atoms with E-state index in [1.165, 1.54) is 16.2 Å². The molecule has 144 valence electrons. The van der Waals surface area contributed by atoms with Gasteiger partial charge in [-0.05, 0) is 31.5 Å². The van der Waals surface area contributed by atoms with Crippen LogP contribution in [-0.4, -0.2) is 38.2 Å². The number of thiophene rings is 1. The molecule has 0 saturated carbocycles. The molecule has 0 spiro atoms. The van der Waals surface area contributed by atoms with Gasteiger partial charge < -0.3 is 19.7 Å². The van der Waals surface area contributed by atoms with E-state index in [1.807, 2.05) is 18.2 Å². The molecule has 3 rings (SSSR count). The minimum Gasteiger partial charge on any atom is -0.484 e. The summed E-state index contributed by atoms with van der Waals surface area (Å²) in [6.45, 7) is 7.03. The summed E-state index contributed by atoms with van der Waals surface area (Å²) in [6, 6.07) is 9.17. The van der Waals surface area contributed by atoms with Gasteiger partial charge in [-0.1, -0.05) is 18.2 Å². The van der Waals surface area contributed by atoms with E-state index in [-0.39, 0.29) is 18.5 Å². The zero-order chi connectivity index (χ0) is 19.2. The number of anilines is 1. The standard InChI is InChI=1S/C20H24N2O4S/c1-3-22-11-10-15-16(12-22)27-19(18(15)20(24)25-4-2)21-17(23)13-26-14-8-6-5-7-9-14/h5-9H,3-4,10-13H2,1-2H3,(H,21,23)/p+1. The van der Waals surface area contributed by atoms with Crippen molar-refractivity contribution in [1.82, 2.24) is 0 Å². The van der Waals surface area contributed by atoms with Gasteiger partial charge in [-0.2, -0.15) is 0 Å². The fourth-order valence-corrected chi connectivity index (χ4v) is 4.50. The molecule has 1 atom stereocenters. The first-order valence-electron chi connectivity index (χ1n) is 9.25. The lowest BCUT2D eigenvalue weighted by molar-refractivity contribution is -0.913. The lowest BCUT2D eigenvalue weighted by atomic mass is 10.0. The predicted molar refractivity (Wildman–Crippen MR) is 105 cm³/mol. The second-order valence-electron chi connectivity index (χ2n) is 6.36. The van der Waals surface area contributed by atoms with E-state index >= 15 is 0 Å². The number of carbonyl (C=O) groups is 2. The number of quaternary nitrogens is 1. The molecule has 7 heteroatoms. The molecule has 2 aromatic rings. The van der Waals surface area contributed by atoms with Gasteiger partial charge in [0.25, 0.3) is 5.91 Å². The first-order valence-corrected chi connectivity index (χ1v) is 10.1. The first kappa shape index (κ1) is 19.4. The Balaban J connectivity index is 1.76. The van der Waals surface area contributed by atoms with Gasteiger partial charge in [-0.3, -0.25) is 4.79 Å². The molecule has 1 aromatic heterocycles. The predicted octanol–water partition coefficient (Wildman–Crippen LogP) is 1.90. The minimum atomic E-state index is -0.366. The molecule has 0 bridgehead atoms. The fourth-order valence-electron chi connectivity index (χ4n) is 3.17. The molecular weight excluding hydrogens is 364 g/mol. The number of hydrogen-bond donors (Lipinski definition) is 2. The van der Waals surface area contributed by atoms with Crippen molar-refractivity contribution in [3.8, 4) is 5.75 Å². The van der Waals surface area contributed by atoms with E-state index in [1.54, 1.807) is 19.1 Å². The fraction of sp³-hybridized carbons (Fsp3) is 0.400. The number of likely N-dealkylation sites (N-methyl/N-ethyl adjacent to an activating group) is 1. The number of rotatable bonds is 7. The van der Waals surface area contributed by atoms with Gasteiger partial charge in [0.05, 0.1) is 30.1 Å². The Morgan fingerprint density at radius 1 is 1.22 bits per heavy atom. The van der Waals surface area contributed by atoms with Crippen LogP contribution in [-0.2, 0) is 22.5 Å². The summed E-state index contributed by atoms with van der Waals surface area (Å²) in [5, 5.41) is 3.42. The van der Waals surface area contributed by atoms with Crippen LogP contribution in [0.2, 0.25) is 0 Å². The number of esters is 1. The number of amides is 1. The number of ether oxygens (including phenoxy) is 2. The van der Waals surface area contributed by atoms with Crippen LogP contribution in [0.25, 0.3) is 0 Å². The van der Waals surface area contributed by atoms with E-state index < -0.39 is 0 Å². The van der Waals surface area contributed by atoms with Gasteiger partial charge >= 0.3 is 5.97 Å². The van der Waals surface area contributed by atoms with Crippen molar-refractivity contribution in [3.63, 3.8) is 0 Å². The van der Waals surface area contributed by atoms with E-state index in [0.29, 0.717) is 22.9 Å². The van der Waals surface area contributed by atoms with Crippen LogP contribution in [0.3, 0.4) is 0 Å². The molecule has 2 N–H and O–H groups in total. The molecule has 1 unspecified atom stereocenters. The van der Waals surface area contributed by atoms with E-state index in [0.717, 1.165) is 36.5 Å². The van der Waals surface area contributed by atoms with Crippen molar-refractivity contribution in [2.24, 2.45) is 0 Å². The summed E-state index contributed by atoms with van der Waals surface area (Å²) in [5.41, 5.74) is 1.54. The summed E-state index contributed by atoms with van der Waals surface area (Å²) >= 11 is 1.48. The van der Waals surface area contributed by atoms with Gasteiger partial charge in [-0.25, -0.2) is 4.79 Å². The minimum absolute atomic E-state index is 0.110. The SMILES string of the molecule is CCOC(=O)c1c(NC(=O)COc2ccccc2)sc2c1CC[NH+](CC)C2. The van der Waals surface area contributed by atoms with Crippen LogP contribution < -0.4 is 15.0 Å². The lowest BCUT2D eigenvalue weighted by Crippen LogP contribution is -3.11. The average Bonchev–Trinajstić information content (AvgIpc) is 3.04. The Labute approximate surface area is 163 Å². The normalized spacial score (nSPS) is 15.7. The highest BCUT2D eigenvalue weighted by molar-refractivity contribution is 7.17. The molecule has 6 nitrogen and oxygen atoms in total. The third-order valence-corrected chi connectivity index (χ3v) is 5.72. The quantitative estimate of drug-likeness (QED) is 0.710. The number of para-hydroxylation sites is 1. The van der Waals surface area contributed by atoms with Gasteiger partial charge in [0, 0.05) is 6.42 Å². The van der Waals surface area contributed by atoms with Gasteiger partial charge in [0.2, 0.25) is 0 Å². The van der Waals surface area contributed by atoms with Gasteiger partial charge in [0.15, 0.2) is 6.61 Å². The Morgan fingerprint density at radius 2 is 2.00 bits per heavy atom. The molecule has 1 aromatic carbocycles. The average molecular weight is 389 g/mol.